The maximum absolute atomic E-state index is 13.4. The van der Waals surface area contributed by atoms with Crippen LogP contribution in [0, 0.1) is 5.92 Å². The van der Waals surface area contributed by atoms with E-state index >= 15 is 0 Å². The predicted molar refractivity (Wildman–Crippen MR) is 148 cm³/mol. The average molecular weight is 529 g/mol. The molecule has 2 heterocycles. The van der Waals surface area contributed by atoms with Crippen molar-refractivity contribution in [3.05, 3.63) is 77.6 Å². The number of piperidine rings is 1. The molecule has 6 rings (SSSR count). The molecule has 2 aromatic carbocycles. The van der Waals surface area contributed by atoms with Crippen molar-refractivity contribution in [2.24, 2.45) is 5.92 Å². The fourth-order valence-corrected chi connectivity index (χ4v) is 7.82. The Hall–Kier alpha value is -3.58. The summed E-state index contributed by atoms with van der Waals surface area (Å²) in [6, 6.07) is 14.3. The van der Waals surface area contributed by atoms with Gasteiger partial charge >= 0.3 is 5.97 Å². The monoisotopic (exact) mass is 528 g/mol. The van der Waals surface area contributed by atoms with Gasteiger partial charge in [-0.15, -0.1) is 0 Å². The van der Waals surface area contributed by atoms with Gasteiger partial charge in [0, 0.05) is 37.1 Å². The number of carbonyl (C=O) groups excluding carboxylic acids is 2. The van der Waals surface area contributed by atoms with E-state index in [1.165, 1.54) is 18.1 Å². The highest BCUT2D eigenvalue weighted by molar-refractivity contribution is 5.92. The molecule has 7 nitrogen and oxygen atoms in total. The van der Waals surface area contributed by atoms with Crippen LogP contribution in [-0.2, 0) is 26.2 Å². The molecule has 5 atom stereocenters. The molecule has 2 aromatic rings. The molecule has 2 aliphatic heterocycles. The van der Waals surface area contributed by atoms with Crippen LogP contribution in [0.3, 0.4) is 0 Å². The SMILES string of the molecule is C=C(CN1CC[C@]23c4c5ccc(OC)c4O[C@H]2[C@@H](N(C)C(=O)C=Cc2ccccc2)CC[C@H]3[C@H]1C5)OC(C)=O. The minimum absolute atomic E-state index is 0.0204. The van der Waals surface area contributed by atoms with Crippen LogP contribution < -0.4 is 9.47 Å². The van der Waals surface area contributed by atoms with Crippen molar-refractivity contribution in [1.82, 2.24) is 9.80 Å². The molecule has 4 aliphatic rings. The van der Waals surface area contributed by atoms with E-state index in [0.717, 1.165) is 49.3 Å². The lowest BCUT2D eigenvalue weighted by molar-refractivity contribution is -0.139. The van der Waals surface area contributed by atoms with E-state index in [0.29, 0.717) is 18.2 Å². The molecule has 1 saturated heterocycles. The van der Waals surface area contributed by atoms with E-state index < -0.39 is 0 Å². The van der Waals surface area contributed by atoms with Gasteiger partial charge in [0.15, 0.2) is 11.5 Å². The van der Waals surface area contributed by atoms with Gasteiger partial charge in [0.05, 0.1) is 19.7 Å². The average Bonchev–Trinajstić information content (AvgIpc) is 3.27. The van der Waals surface area contributed by atoms with Gasteiger partial charge in [-0.2, -0.15) is 0 Å². The van der Waals surface area contributed by atoms with Crippen molar-refractivity contribution in [3.63, 3.8) is 0 Å². The standard InChI is InChI=1S/C32H36N2O5/c1-20(38-21(2)35)19-34-17-16-32-24-12-13-25(33(3)28(36)15-10-22-8-6-5-7-9-22)31(32)39-30-27(37-4)14-11-23(29(30)32)18-26(24)34/h5-11,14-15,24-26,31H,1,12-13,16-19H2,2-4H3/t24-,25-,26+,31-,32-/m0/s1. The Morgan fingerprint density at radius 3 is 2.74 bits per heavy atom. The zero-order valence-electron chi connectivity index (χ0n) is 22.9. The number of carbonyl (C=O) groups is 2. The van der Waals surface area contributed by atoms with E-state index in [9.17, 15) is 9.59 Å². The maximum Gasteiger partial charge on any atom is 0.307 e. The Bertz CT molecular complexity index is 1340. The molecule has 1 amide bonds. The molecule has 1 spiro atoms. The number of hydrogen-bond donors (Lipinski definition) is 0. The second-order valence-electron chi connectivity index (χ2n) is 11.3. The van der Waals surface area contributed by atoms with Gasteiger partial charge in [-0.1, -0.05) is 43.0 Å². The Morgan fingerprint density at radius 1 is 1.21 bits per heavy atom. The van der Waals surface area contributed by atoms with Gasteiger partial charge in [-0.05, 0) is 61.4 Å². The van der Waals surface area contributed by atoms with Crippen LogP contribution >= 0.6 is 0 Å². The Balaban J connectivity index is 1.33. The number of rotatable bonds is 7. The van der Waals surface area contributed by atoms with E-state index in [2.05, 4.69) is 17.5 Å². The summed E-state index contributed by atoms with van der Waals surface area (Å²) < 4.78 is 18.0. The summed E-state index contributed by atoms with van der Waals surface area (Å²) in [4.78, 5) is 29.2. The van der Waals surface area contributed by atoms with Gasteiger partial charge in [0.1, 0.15) is 11.9 Å². The number of methoxy groups -OCH3 is 1. The van der Waals surface area contributed by atoms with Crippen LogP contribution in [-0.4, -0.2) is 67.1 Å². The zero-order chi connectivity index (χ0) is 27.3. The summed E-state index contributed by atoms with van der Waals surface area (Å²) in [7, 11) is 3.59. The third-order valence-electron chi connectivity index (χ3n) is 9.34. The predicted octanol–water partition coefficient (Wildman–Crippen LogP) is 4.35. The normalized spacial score (nSPS) is 28.4. The highest BCUT2D eigenvalue weighted by atomic mass is 16.5. The third-order valence-corrected chi connectivity index (χ3v) is 9.34. The highest BCUT2D eigenvalue weighted by Gasteiger charge is 2.66. The van der Waals surface area contributed by atoms with Gasteiger partial charge in [-0.25, -0.2) is 0 Å². The van der Waals surface area contributed by atoms with Crippen molar-refractivity contribution >= 4 is 18.0 Å². The fraction of sp³-hybridized carbons (Fsp3) is 0.438. The first kappa shape index (κ1) is 25.7. The van der Waals surface area contributed by atoms with Gasteiger partial charge < -0.3 is 19.1 Å². The molecule has 2 fully saturated rings. The molecule has 0 unspecified atom stereocenters. The lowest BCUT2D eigenvalue weighted by Crippen LogP contribution is -2.69. The lowest BCUT2D eigenvalue weighted by Gasteiger charge is -2.60. The van der Waals surface area contributed by atoms with E-state index in [1.54, 1.807) is 13.2 Å². The van der Waals surface area contributed by atoms with Gasteiger partial charge in [0.2, 0.25) is 5.91 Å². The topological polar surface area (TPSA) is 68.3 Å². The summed E-state index contributed by atoms with van der Waals surface area (Å²) in [5.74, 6) is 2.11. The molecule has 2 bridgehead atoms. The van der Waals surface area contributed by atoms with Gasteiger partial charge in [0.25, 0.3) is 0 Å². The number of benzene rings is 2. The quantitative estimate of drug-likeness (QED) is 0.302. The number of likely N-dealkylation sites (tertiary alicyclic amines) is 1. The summed E-state index contributed by atoms with van der Waals surface area (Å²) >= 11 is 0. The van der Waals surface area contributed by atoms with E-state index in [1.807, 2.05) is 54.4 Å². The summed E-state index contributed by atoms with van der Waals surface area (Å²) in [6.45, 7) is 6.80. The molecule has 2 aliphatic carbocycles. The molecule has 1 saturated carbocycles. The van der Waals surface area contributed by atoms with Crippen molar-refractivity contribution in [1.29, 1.82) is 0 Å². The Labute approximate surface area is 230 Å². The molecule has 7 heteroatoms. The second kappa shape index (κ2) is 9.87. The largest absolute Gasteiger partial charge is 0.493 e. The summed E-state index contributed by atoms with van der Waals surface area (Å²) in [5, 5.41) is 0. The summed E-state index contributed by atoms with van der Waals surface area (Å²) in [6.07, 6.45) is 7.04. The molecular weight excluding hydrogens is 492 g/mol. The highest BCUT2D eigenvalue weighted by Crippen LogP contribution is 2.64. The molecule has 0 radical (unpaired) electrons. The number of ether oxygens (including phenoxy) is 3. The molecule has 0 N–H and O–H groups in total. The van der Waals surface area contributed by atoms with Crippen LogP contribution in [0.2, 0.25) is 0 Å². The molecule has 39 heavy (non-hydrogen) atoms. The fourth-order valence-electron chi connectivity index (χ4n) is 7.82. The number of amides is 1. The number of hydrogen-bond acceptors (Lipinski definition) is 6. The first-order valence-corrected chi connectivity index (χ1v) is 13.8. The van der Waals surface area contributed by atoms with Crippen molar-refractivity contribution in [2.45, 2.75) is 56.2 Å². The van der Waals surface area contributed by atoms with Crippen LogP contribution in [0.15, 0.2) is 60.9 Å². The minimum Gasteiger partial charge on any atom is -0.493 e. The Kier molecular flexibility index (Phi) is 6.50. The van der Waals surface area contributed by atoms with Crippen LogP contribution in [0.5, 0.6) is 11.5 Å². The van der Waals surface area contributed by atoms with Crippen LogP contribution in [0.1, 0.15) is 42.9 Å². The lowest BCUT2D eigenvalue weighted by atomic mass is 9.51. The van der Waals surface area contributed by atoms with Crippen molar-refractivity contribution < 1.29 is 23.8 Å². The maximum atomic E-state index is 13.4. The zero-order valence-corrected chi connectivity index (χ0v) is 22.9. The Morgan fingerprint density at radius 2 is 2.00 bits per heavy atom. The summed E-state index contributed by atoms with van der Waals surface area (Å²) in [5.41, 5.74) is 3.38. The number of nitrogens with zero attached hydrogens (tertiary/aromatic N) is 2. The first-order chi connectivity index (χ1) is 18.8. The van der Waals surface area contributed by atoms with Gasteiger partial charge in [-0.3, -0.25) is 14.5 Å². The number of likely N-dealkylation sites (N-methyl/N-ethyl adjacent to an activating group) is 1. The number of esters is 1. The van der Waals surface area contributed by atoms with Crippen molar-refractivity contribution in [2.75, 3.05) is 27.2 Å². The van der Waals surface area contributed by atoms with E-state index in [-0.39, 0.29) is 35.5 Å². The van der Waals surface area contributed by atoms with Crippen LogP contribution in [0.25, 0.3) is 6.08 Å². The van der Waals surface area contributed by atoms with Crippen LogP contribution in [0.4, 0.5) is 0 Å². The minimum atomic E-state index is -0.335. The van der Waals surface area contributed by atoms with E-state index in [4.69, 9.17) is 14.2 Å². The molecular formula is C32H36N2O5. The third kappa shape index (κ3) is 4.15. The van der Waals surface area contributed by atoms with Crippen molar-refractivity contribution in [3.8, 4) is 11.5 Å². The molecule has 204 valence electrons. The molecule has 0 aromatic heterocycles. The smallest absolute Gasteiger partial charge is 0.307 e. The second-order valence-corrected chi connectivity index (χ2v) is 11.3. The first-order valence-electron chi connectivity index (χ1n) is 13.8.